The Morgan fingerprint density at radius 1 is 1.25 bits per heavy atom. The summed E-state index contributed by atoms with van der Waals surface area (Å²) in [7, 11) is 0. The zero-order chi connectivity index (χ0) is 15.2. The van der Waals surface area contributed by atoms with Crippen LogP contribution in [0.25, 0.3) is 0 Å². The summed E-state index contributed by atoms with van der Waals surface area (Å²) < 4.78 is -0.0208. The van der Waals surface area contributed by atoms with Crippen molar-refractivity contribution in [3.8, 4) is 0 Å². The van der Waals surface area contributed by atoms with Crippen LogP contribution >= 0.6 is 11.8 Å². The Labute approximate surface area is 125 Å². The number of carbonyl (C=O) groups is 2. The zero-order valence-corrected chi connectivity index (χ0v) is 13.4. The number of thioether (sulfide) groups is 1. The SMILES string of the molecule is CSC(C)(C)CNC(=O)NC1CCCCCC1C(=O)O. The van der Waals surface area contributed by atoms with E-state index in [1.54, 1.807) is 11.8 Å². The van der Waals surface area contributed by atoms with Gasteiger partial charge in [0.15, 0.2) is 0 Å². The number of aliphatic carboxylic acids is 1. The molecule has 1 rings (SSSR count). The average molecular weight is 302 g/mol. The summed E-state index contributed by atoms with van der Waals surface area (Å²) in [5.74, 6) is -1.27. The van der Waals surface area contributed by atoms with Gasteiger partial charge in [-0.2, -0.15) is 11.8 Å². The molecule has 0 heterocycles. The fourth-order valence-electron chi connectivity index (χ4n) is 2.36. The molecule has 6 heteroatoms. The monoisotopic (exact) mass is 302 g/mol. The van der Waals surface area contributed by atoms with Crippen LogP contribution in [0.5, 0.6) is 0 Å². The van der Waals surface area contributed by atoms with Crippen molar-refractivity contribution in [3.63, 3.8) is 0 Å². The van der Waals surface area contributed by atoms with Crippen molar-refractivity contribution >= 4 is 23.8 Å². The normalized spacial score (nSPS) is 23.8. The zero-order valence-electron chi connectivity index (χ0n) is 12.6. The Morgan fingerprint density at radius 2 is 1.90 bits per heavy atom. The van der Waals surface area contributed by atoms with Gasteiger partial charge in [0.05, 0.1) is 5.92 Å². The molecule has 1 fully saturated rings. The van der Waals surface area contributed by atoms with Gasteiger partial charge < -0.3 is 15.7 Å². The molecule has 5 nitrogen and oxygen atoms in total. The lowest BCUT2D eigenvalue weighted by molar-refractivity contribution is -0.142. The maximum atomic E-state index is 11.9. The van der Waals surface area contributed by atoms with E-state index in [-0.39, 0.29) is 16.8 Å². The van der Waals surface area contributed by atoms with E-state index in [0.29, 0.717) is 13.0 Å². The summed E-state index contributed by atoms with van der Waals surface area (Å²) in [6, 6.07) is -0.516. The van der Waals surface area contributed by atoms with Crippen LogP contribution in [0.1, 0.15) is 46.0 Å². The van der Waals surface area contributed by atoms with Crippen molar-refractivity contribution in [3.05, 3.63) is 0 Å². The highest BCUT2D eigenvalue weighted by Crippen LogP contribution is 2.24. The molecule has 2 amide bonds. The third kappa shape index (κ3) is 5.61. The number of carboxylic acid groups (broad SMARTS) is 1. The molecule has 0 bridgehead atoms. The van der Waals surface area contributed by atoms with Gasteiger partial charge in [-0.15, -0.1) is 0 Å². The Bertz CT molecular complexity index is 347. The van der Waals surface area contributed by atoms with Gasteiger partial charge in [0, 0.05) is 17.3 Å². The summed E-state index contributed by atoms with van der Waals surface area (Å²) >= 11 is 1.69. The molecule has 3 N–H and O–H groups in total. The summed E-state index contributed by atoms with van der Waals surface area (Å²) in [5.41, 5.74) is 0. The smallest absolute Gasteiger partial charge is 0.315 e. The first-order valence-corrected chi connectivity index (χ1v) is 8.40. The Balaban J connectivity index is 2.51. The average Bonchev–Trinajstić information content (AvgIpc) is 2.62. The second-order valence-corrected chi connectivity index (χ2v) is 7.49. The molecule has 116 valence electrons. The van der Waals surface area contributed by atoms with Gasteiger partial charge in [-0.05, 0) is 32.9 Å². The van der Waals surface area contributed by atoms with Gasteiger partial charge in [0.1, 0.15) is 0 Å². The van der Waals surface area contributed by atoms with Crippen molar-refractivity contribution < 1.29 is 14.7 Å². The highest BCUT2D eigenvalue weighted by molar-refractivity contribution is 7.99. The predicted octanol–water partition coefficient (Wildman–Crippen LogP) is 2.46. The largest absolute Gasteiger partial charge is 0.481 e. The number of hydrogen-bond acceptors (Lipinski definition) is 3. The first kappa shape index (κ1) is 17.1. The van der Waals surface area contributed by atoms with Crippen molar-refractivity contribution in [1.29, 1.82) is 0 Å². The van der Waals surface area contributed by atoms with E-state index in [4.69, 9.17) is 0 Å². The highest BCUT2D eigenvalue weighted by atomic mass is 32.2. The van der Waals surface area contributed by atoms with Crippen LogP contribution in [0.2, 0.25) is 0 Å². The fourth-order valence-corrected chi connectivity index (χ4v) is 2.58. The van der Waals surface area contributed by atoms with Crippen molar-refractivity contribution in [2.24, 2.45) is 5.92 Å². The maximum absolute atomic E-state index is 11.9. The number of hydrogen-bond donors (Lipinski definition) is 3. The van der Waals surface area contributed by atoms with Gasteiger partial charge in [0.25, 0.3) is 0 Å². The van der Waals surface area contributed by atoms with Crippen LogP contribution in [0.3, 0.4) is 0 Å². The first-order valence-electron chi connectivity index (χ1n) is 7.18. The number of nitrogens with one attached hydrogen (secondary N) is 2. The van der Waals surface area contributed by atoms with Crippen LogP contribution < -0.4 is 10.6 Å². The molecule has 20 heavy (non-hydrogen) atoms. The molecule has 0 radical (unpaired) electrons. The Kier molecular flexibility index (Phi) is 6.65. The molecule has 0 aromatic heterocycles. The summed E-state index contributed by atoms with van der Waals surface area (Å²) in [5, 5.41) is 15.0. The lowest BCUT2D eigenvalue weighted by Gasteiger charge is -2.26. The highest BCUT2D eigenvalue weighted by Gasteiger charge is 2.30. The van der Waals surface area contributed by atoms with E-state index >= 15 is 0 Å². The van der Waals surface area contributed by atoms with Crippen molar-refractivity contribution in [2.45, 2.75) is 56.7 Å². The first-order chi connectivity index (χ1) is 9.35. The molecule has 0 saturated heterocycles. The van der Waals surface area contributed by atoms with Crippen LogP contribution in [-0.2, 0) is 4.79 Å². The molecule has 1 aliphatic rings. The van der Waals surface area contributed by atoms with Gasteiger partial charge in [-0.1, -0.05) is 19.3 Å². The van der Waals surface area contributed by atoms with E-state index in [0.717, 1.165) is 25.7 Å². The fraction of sp³-hybridized carbons (Fsp3) is 0.857. The molecule has 2 atom stereocenters. The van der Waals surface area contributed by atoms with Crippen LogP contribution in [-0.4, -0.2) is 40.7 Å². The molecule has 0 aromatic carbocycles. The second-order valence-electron chi connectivity index (χ2n) is 5.98. The van der Waals surface area contributed by atoms with E-state index in [1.165, 1.54) is 0 Å². The topological polar surface area (TPSA) is 78.4 Å². The van der Waals surface area contributed by atoms with Crippen LogP contribution in [0, 0.1) is 5.92 Å². The third-order valence-electron chi connectivity index (χ3n) is 3.88. The molecule has 0 aliphatic heterocycles. The number of carbonyl (C=O) groups excluding carboxylic acids is 1. The minimum Gasteiger partial charge on any atom is -0.481 e. The molecule has 0 aromatic rings. The lowest BCUT2D eigenvalue weighted by atomic mass is 9.95. The van der Waals surface area contributed by atoms with Gasteiger partial charge in [0.2, 0.25) is 0 Å². The second kappa shape index (κ2) is 7.76. The van der Waals surface area contributed by atoms with Gasteiger partial charge in [-0.3, -0.25) is 4.79 Å². The van der Waals surface area contributed by atoms with Gasteiger partial charge in [-0.25, -0.2) is 4.79 Å². The van der Waals surface area contributed by atoms with E-state index < -0.39 is 11.9 Å². The Hall–Kier alpha value is -0.910. The third-order valence-corrected chi connectivity index (χ3v) is 5.13. The predicted molar refractivity (Wildman–Crippen MR) is 82.1 cm³/mol. The van der Waals surface area contributed by atoms with Crippen LogP contribution in [0.15, 0.2) is 0 Å². The van der Waals surface area contributed by atoms with Crippen molar-refractivity contribution in [2.75, 3.05) is 12.8 Å². The molecule has 1 saturated carbocycles. The van der Waals surface area contributed by atoms with E-state index in [2.05, 4.69) is 24.5 Å². The number of rotatable bonds is 5. The van der Waals surface area contributed by atoms with E-state index in [1.807, 2.05) is 6.26 Å². The number of carboxylic acids is 1. The lowest BCUT2D eigenvalue weighted by Crippen LogP contribution is -2.49. The molecular weight excluding hydrogens is 276 g/mol. The van der Waals surface area contributed by atoms with Crippen LogP contribution in [0.4, 0.5) is 4.79 Å². The molecular formula is C14H26N2O3S. The van der Waals surface area contributed by atoms with Crippen molar-refractivity contribution in [1.82, 2.24) is 10.6 Å². The Morgan fingerprint density at radius 3 is 2.50 bits per heavy atom. The summed E-state index contributed by atoms with van der Waals surface area (Å²) in [6.07, 6.45) is 6.35. The minimum atomic E-state index is -0.804. The standard InChI is InChI=1S/C14H26N2O3S/c1-14(2,20-3)9-15-13(19)16-11-8-6-4-5-7-10(11)12(17)18/h10-11H,4-9H2,1-3H3,(H,17,18)(H2,15,16,19). The number of amides is 2. The maximum Gasteiger partial charge on any atom is 0.315 e. The number of urea groups is 1. The molecule has 1 aliphatic carbocycles. The summed E-state index contributed by atoms with van der Waals surface area (Å²) in [6.45, 7) is 4.68. The van der Waals surface area contributed by atoms with E-state index in [9.17, 15) is 14.7 Å². The molecule has 2 unspecified atom stereocenters. The quantitative estimate of drug-likeness (QED) is 0.682. The summed E-state index contributed by atoms with van der Waals surface area (Å²) in [4.78, 5) is 23.2. The molecule has 0 spiro atoms. The van der Waals surface area contributed by atoms with Gasteiger partial charge >= 0.3 is 12.0 Å². The minimum absolute atomic E-state index is 0.0208.